The van der Waals surface area contributed by atoms with E-state index in [1.54, 1.807) is 32.9 Å². The molecule has 3 aromatic rings. The highest BCUT2D eigenvalue weighted by molar-refractivity contribution is 7.98. The van der Waals surface area contributed by atoms with E-state index >= 15 is 0 Å². The maximum Gasteiger partial charge on any atom is 0.243 e. The van der Waals surface area contributed by atoms with Crippen LogP contribution in [0.15, 0.2) is 50.0 Å². The first-order chi connectivity index (χ1) is 14.8. The van der Waals surface area contributed by atoms with Crippen LogP contribution in [0.5, 0.6) is 0 Å². The summed E-state index contributed by atoms with van der Waals surface area (Å²) in [5, 5.41) is 8.66. The first kappa shape index (κ1) is 23.5. The standard InChI is InChI=1S/C20H24N4O4S3/c1-5-24(12-18-22-19(23-28-18)17-7-6-10-30-17)31(26,27)14-8-9-16(29-4)15(11-14)21-20(25)13(2)3/h6-11,13H,5,12H2,1-4H3,(H,21,25). The van der Waals surface area contributed by atoms with Crippen molar-refractivity contribution in [3.63, 3.8) is 0 Å². The second-order valence-corrected chi connectivity index (χ2v) is 10.7. The number of benzene rings is 1. The molecule has 0 saturated carbocycles. The van der Waals surface area contributed by atoms with Gasteiger partial charge in [-0.25, -0.2) is 8.42 Å². The van der Waals surface area contributed by atoms with Gasteiger partial charge in [-0.05, 0) is 35.9 Å². The van der Waals surface area contributed by atoms with Crippen LogP contribution >= 0.6 is 23.1 Å². The number of thioether (sulfide) groups is 1. The second-order valence-electron chi connectivity index (χ2n) is 6.93. The van der Waals surface area contributed by atoms with Crippen molar-refractivity contribution in [3.05, 3.63) is 41.6 Å². The normalized spacial score (nSPS) is 11.9. The number of hydrogen-bond acceptors (Lipinski definition) is 8. The van der Waals surface area contributed by atoms with Gasteiger partial charge in [0.25, 0.3) is 0 Å². The number of sulfonamides is 1. The molecule has 8 nitrogen and oxygen atoms in total. The van der Waals surface area contributed by atoms with Crippen molar-refractivity contribution in [3.8, 4) is 10.7 Å². The molecule has 1 N–H and O–H groups in total. The van der Waals surface area contributed by atoms with E-state index in [1.165, 1.54) is 33.5 Å². The van der Waals surface area contributed by atoms with E-state index in [0.29, 0.717) is 11.5 Å². The van der Waals surface area contributed by atoms with Crippen molar-refractivity contribution >= 4 is 44.7 Å². The zero-order valence-corrected chi connectivity index (χ0v) is 20.1. The van der Waals surface area contributed by atoms with Crippen LogP contribution in [-0.4, -0.2) is 41.6 Å². The predicted molar refractivity (Wildman–Crippen MR) is 123 cm³/mol. The van der Waals surface area contributed by atoms with Crippen molar-refractivity contribution in [2.24, 2.45) is 5.92 Å². The summed E-state index contributed by atoms with van der Waals surface area (Å²) in [5.41, 5.74) is 0.473. The summed E-state index contributed by atoms with van der Waals surface area (Å²) in [7, 11) is -3.85. The molecule has 2 aromatic heterocycles. The molecule has 0 radical (unpaired) electrons. The number of nitrogens with zero attached hydrogens (tertiary/aromatic N) is 3. The molecule has 0 aliphatic rings. The Balaban J connectivity index is 1.87. The lowest BCUT2D eigenvalue weighted by molar-refractivity contribution is -0.118. The Kier molecular flexibility index (Phi) is 7.52. The Hall–Kier alpha value is -2.21. The SMILES string of the molecule is CCN(Cc1nc(-c2cccs2)no1)S(=O)(=O)c1ccc(SC)c(NC(=O)C(C)C)c1. The van der Waals surface area contributed by atoms with Gasteiger partial charge in [-0.3, -0.25) is 4.79 Å². The Morgan fingerprint density at radius 1 is 1.32 bits per heavy atom. The molecule has 0 aliphatic heterocycles. The van der Waals surface area contributed by atoms with Gasteiger partial charge in [0.2, 0.25) is 27.6 Å². The van der Waals surface area contributed by atoms with Crippen LogP contribution in [0, 0.1) is 5.92 Å². The summed E-state index contributed by atoms with van der Waals surface area (Å²) in [6, 6.07) is 8.48. The largest absolute Gasteiger partial charge is 0.337 e. The Labute approximate surface area is 190 Å². The quantitative estimate of drug-likeness (QED) is 0.455. The number of carbonyl (C=O) groups excluding carboxylic acids is 1. The zero-order chi connectivity index (χ0) is 22.6. The summed E-state index contributed by atoms with van der Waals surface area (Å²) < 4.78 is 33.1. The molecule has 31 heavy (non-hydrogen) atoms. The van der Waals surface area contributed by atoms with Crippen molar-refractivity contribution in [2.45, 2.75) is 37.1 Å². The van der Waals surface area contributed by atoms with Gasteiger partial charge in [0.1, 0.15) is 0 Å². The number of thiophene rings is 1. The fraction of sp³-hybridized carbons (Fsp3) is 0.350. The minimum atomic E-state index is -3.85. The van der Waals surface area contributed by atoms with Gasteiger partial charge in [0.15, 0.2) is 0 Å². The lowest BCUT2D eigenvalue weighted by Crippen LogP contribution is -2.30. The number of nitrogens with one attached hydrogen (secondary N) is 1. The fourth-order valence-corrected chi connectivity index (χ4v) is 5.32. The average Bonchev–Trinajstić information content (AvgIpc) is 3.43. The molecule has 0 fully saturated rings. The van der Waals surface area contributed by atoms with Gasteiger partial charge in [0.05, 0.1) is 22.0 Å². The van der Waals surface area contributed by atoms with Crippen LogP contribution in [0.3, 0.4) is 0 Å². The number of amides is 1. The molecule has 0 spiro atoms. The molecule has 0 unspecified atom stereocenters. The van der Waals surface area contributed by atoms with Gasteiger partial charge in [-0.2, -0.15) is 9.29 Å². The third-order valence-corrected chi connectivity index (χ3v) is 8.04. The van der Waals surface area contributed by atoms with Crippen LogP contribution in [0.4, 0.5) is 5.69 Å². The molecule has 0 saturated heterocycles. The van der Waals surface area contributed by atoms with E-state index in [0.717, 1.165) is 9.77 Å². The molecule has 0 aliphatic carbocycles. The number of anilines is 1. The van der Waals surface area contributed by atoms with Crippen LogP contribution in [-0.2, 0) is 21.4 Å². The molecule has 1 amide bonds. The zero-order valence-electron chi connectivity index (χ0n) is 17.7. The molecule has 1 aromatic carbocycles. The maximum atomic E-state index is 13.3. The van der Waals surface area contributed by atoms with E-state index in [-0.39, 0.29) is 35.7 Å². The van der Waals surface area contributed by atoms with E-state index in [4.69, 9.17) is 4.52 Å². The van der Waals surface area contributed by atoms with E-state index in [1.807, 2.05) is 23.8 Å². The Bertz CT molecular complexity index is 1140. The molecule has 11 heteroatoms. The van der Waals surface area contributed by atoms with Gasteiger partial charge in [0, 0.05) is 17.4 Å². The summed E-state index contributed by atoms with van der Waals surface area (Å²) >= 11 is 2.91. The van der Waals surface area contributed by atoms with E-state index in [9.17, 15) is 13.2 Å². The highest BCUT2D eigenvalue weighted by Crippen LogP contribution is 2.30. The fourth-order valence-electron chi connectivity index (χ4n) is 2.71. The van der Waals surface area contributed by atoms with Gasteiger partial charge in [-0.1, -0.05) is 32.0 Å². The van der Waals surface area contributed by atoms with Gasteiger partial charge < -0.3 is 9.84 Å². The van der Waals surface area contributed by atoms with Crippen molar-refractivity contribution in [1.82, 2.24) is 14.4 Å². The molecular formula is C20H24N4O4S3. The first-order valence-corrected chi connectivity index (χ1v) is 13.2. The molecule has 0 bridgehead atoms. The lowest BCUT2D eigenvalue weighted by atomic mass is 10.2. The summed E-state index contributed by atoms with van der Waals surface area (Å²) in [6.45, 7) is 5.47. The van der Waals surface area contributed by atoms with Gasteiger partial charge in [-0.15, -0.1) is 23.1 Å². The summed E-state index contributed by atoms with van der Waals surface area (Å²) in [6.07, 6.45) is 1.87. The topological polar surface area (TPSA) is 105 Å². The van der Waals surface area contributed by atoms with Crippen molar-refractivity contribution < 1.29 is 17.7 Å². The summed E-state index contributed by atoms with van der Waals surface area (Å²) in [5.74, 6) is 0.241. The van der Waals surface area contributed by atoms with Crippen LogP contribution < -0.4 is 5.32 Å². The number of aromatic nitrogens is 2. The molecule has 166 valence electrons. The monoisotopic (exact) mass is 480 g/mol. The maximum absolute atomic E-state index is 13.3. The van der Waals surface area contributed by atoms with Crippen LogP contribution in [0.1, 0.15) is 26.7 Å². The minimum Gasteiger partial charge on any atom is -0.337 e. The minimum absolute atomic E-state index is 0.0465. The number of rotatable bonds is 9. The summed E-state index contributed by atoms with van der Waals surface area (Å²) in [4.78, 5) is 18.2. The van der Waals surface area contributed by atoms with E-state index < -0.39 is 10.0 Å². The van der Waals surface area contributed by atoms with Crippen LogP contribution in [0.25, 0.3) is 10.7 Å². The van der Waals surface area contributed by atoms with Gasteiger partial charge >= 0.3 is 0 Å². The molecular weight excluding hydrogens is 456 g/mol. The highest BCUT2D eigenvalue weighted by Gasteiger charge is 2.27. The Morgan fingerprint density at radius 3 is 2.71 bits per heavy atom. The predicted octanol–water partition coefficient (Wildman–Crippen LogP) is 4.33. The Morgan fingerprint density at radius 2 is 2.10 bits per heavy atom. The first-order valence-electron chi connectivity index (χ1n) is 9.61. The third kappa shape index (κ3) is 5.35. The number of hydrogen-bond donors (Lipinski definition) is 1. The van der Waals surface area contributed by atoms with E-state index in [2.05, 4.69) is 15.5 Å². The second kappa shape index (κ2) is 9.94. The lowest BCUT2D eigenvalue weighted by Gasteiger charge is -2.20. The van der Waals surface area contributed by atoms with Crippen LogP contribution in [0.2, 0.25) is 0 Å². The van der Waals surface area contributed by atoms with Crippen molar-refractivity contribution in [2.75, 3.05) is 18.1 Å². The smallest absolute Gasteiger partial charge is 0.243 e. The number of carbonyl (C=O) groups is 1. The molecule has 3 rings (SSSR count). The average molecular weight is 481 g/mol. The molecule has 0 atom stereocenters. The highest BCUT2D eigenvalue weighted by atomic mass is 32.2. The van der Waals surface area contributed by atoms with Crippen molar-refractivity contribution in [1.29, 1.82) is 0 Å². The molecule has 2 heterocycles. The third-order valence-electron chi connectivity index (χ3n) is 4.46.